The molecular weight excluding hydrogens is 294 g/mol. The molecule has 0 spiro atoms. The first-order chi connectivity index (χ1) is 9.54. The van der Waals surface area contributed by atoms with Crippen molar-refractivity contribution in [3.05, 3.63) is 40.7 Å². The standard InChI is InChI=1S/C13H17N3O2S2/c1-3-14-12-5-4-7-15-13(12)20(17,18)16-10(2)11-6-8-19-9-11/h4-10,14,16H,3H2,1-2H3. The lowest BCUT2D eigenvalue weighted by Crippen LogP contribution is -2.28. The Morgan fingerprint density at radius 2 is 2.20 bits per heavy atom. The summed E-state index contributed by atoms with van der Waals surface area (Å²) in [5.74, 6) is 0. The molecule has 2 rings (SSSR count). The van der Waals surface area contributed by atoms with Crippen LogP contribution in [0.15, 0.2) is 40.2 Å². The molecule has 0 aliphatic carbocycles. The average Bonchev–Trinajstić information content (AvgIpc) is 2.93. The van der Waals surface area contributed by atoms with Gasteiger partial charge in [0.2, 0.25) is 0 Å². The van der Waals surface area contributed by atoms with Crippen LogP contribution in [-0.4, -0.2) is 19.9 Å². The highest BCUT2D eigenvalue weighted by molar-refractivity contribution is 7.89. The van der Waals surface area contributed by atoms with E-state index in [4.69, 9.17) is 0 Å². The molecule has 20 heavy (non-hydrogen) atoms. The lowest BCUT2D eigenvalue weighted by Gasteiger charge is -2.15. The number of pyridine rings is 1. The van der Waals surface area contributed by atoms with Crippen LogP contribution < -0.4 is 10.0 Å². The van der Waals surface area contributed by atoms with E-state index in [9.17, 15) is 8.42 Å². The molecule has 2 heterocycles. The Kier molecular flexibility index (Phi) is 4.74. The van der Waals surface area contributed by atoms with Crippen LogP contribution in [0.4, 0.5) is 5.69 Å². The summed E-state index contributed by atoms with van der Waals surface area (Å²) in [7, 11) is -3.66. The predicted molar refractivity (Wildman–Crippen MR) is 81.5 cm³/mol. The molecular formula is C13H17N3O2S2. The zero-order valence-electron chi connectivity index (χ0n) is 11.3. The fourth-order valence-electron chi connectivity index (χ4n) is 1.81. The number of aromatic nitrogens is 1. The lowest BCUT2D eigenvalue weighted by atomic mass is 10.2. The molecule has 0 bridgehead atoms. The number of thiophene rings is 1. The van der Waals surface area contributed by atoms with Crippen LogP contribution in [-0.2, 0) is 10.0 Å². The van der Waals surface area contributed by atoms with Crippen LogP contribution in [0.1, 0.15) is 25.5 Å². The van der Waals surface area contributed by atoms with Crippen molar-refractivity contribution in [2.75, 3.05) is 11.9 Å². The van der Waals surface area contributed by atoms with Crippen molar-refractivity contribution < 1.29 is 8.42 Å². The zero-order valence-corrected chi connectivity index (χ0v) is 13.0. The van der Waals surface area contributed by atoms with E-state index in [0.29, 0.717) is 12.2 Å². The van der Waals surface area contributed by atoms with Gasteiger partial charge in [0, 0.05) is 18.8 Å². The quantitative estimate of drug-likeness (QED) is 0.860. The van der Waals surface area contributed by atoms with Crippen molar-refractivity contribution >= 4 is 27.0 Å². The maximum Gasteiger partial charge on any atom is 0.260 e. The van der Waals surface area contributed by atoms with Crippen LogP contribution in [0.3, 0.4) is 0 Å². The maximum atomic E-state index is 12.4. The third-order valence-corrected chi connectivity index (χ3v) is 4.97. The molecule has 0 radical (unpaired) electrons. The molecule has 2 N–H and O–H groups in total. The van der Waals surface area contributed by atoms with Crippen LogP contribution in [0.2, 0.25) is 0 Å². The van der Waals surface area contributed by atoms with Crippen LogP contribution in [0.25, 0.3) is 0 Å². The van der Waals surface area contributed by atoms with Gasteiger partial charge in [0.05, 0.1) is 5.69 Å². The van der Waals surface area contributed by atoms with Gasteiger partial charge in [-0.1, -0.05) is 0 Å². The van der Waals surface area contributed by atoms with Crippen LogP contribution in [0, 0.1) is 0 Å². The van der Waals surface area contributed by atoms with Crippen molar-refractivity contribution in [2.45, 2.75) is 24.9 Å². The summed E-state index contributed by atoms with van der Waals surface area (Å²) in [5.41, 5.74) is 1.46. The third kappa shape index (κ3) is 3.36. The summed E-state index contributed by atoms with van der Waals surface area (Å²) < 4.78 is 27.5. The molecule has 0 saturated heterocycles. The first-order valence-corrected chi connectivity index (χ1v) is 8.70. The minimum atomic E-state index is -3.66. The first-order valence-electron chi connectivity index (χ1n) is 6.28. The number of nitrogens with zero attached hydrogens (tertiary/aromatic N) is 1. The van der Waals surface area contributed by atoms with Crippen molar-refractivity contribution in [1.82, 2.24) is 9.71 Å². The van der Waals surface area contributed by atoms with Crippen molar-refractivity contribution in [2.24, 2.45) is 0 Å². The van der Waals surface area contributed by atoms with Gasteiger partial charge in [0.25, 0.3) is 10.0 Å². The summed E-state index contributed by atoms with van der Waals surface area (Å²) in [6, 6.07) is 5.03. The van der Waals surface area contributed by atoms with E-state index >= 15 is 0 Å². The number of sulfonamides is 1. The van der Waals surface area contributed by atoms with Crippen molar-refractivity contribution in [1.29, 1.82) is 0 Å². The Hall–Kier alpha value is -1.44. The van der Waals surface area contributed by atoms with Gasteiger partial charge in [-0.25, -0.2) is 18.1 Å². The average molecular weight is 311 g/mol. The van der Waals surface area contributed by atoms with E-state index < -0.39 is 10.0 Å². The largest absolute Gasteiger partial charge is 0.383 e. The number of hydrogen-bond acceptors (Lipinski definition) is 5. The highest BCUT2D eigenvalue weighted by atomic mass is 32.2. The Morgan fingerprint density at radius 1 is 1.40 bits per heavy atom. The second kappa shape index (κ2) is 6.34. The van der Waals surface area contributed by atoms with Crippen LogP contribution >= 0.6 is 11.3 Å². The molecule has 108 valence electrons. The number of anilines is 1. The highest BCUT2D eigenvalue weighted by Gasteiger charge is 2.22. The lowest BCUT2D eigenvalue weighted by molar-refractivity contribution is 0.564. The molecule has 1 atom stereocenters. The van der Waals surface area contributed by atoms with Gasteiger partial charge in [-0.05, 0) is 48.4 Å². The molecule has 1 unspecified atom stereocenters. The number of nitrogens with one attached hydrogen (secondary N) is 2. The molecule has 0 fully saturated rings. The van der Waals surface area contributed by atoms with E-state index in [1.807, 2.05) is 30.7 Å². The molecule has 0 aliphatic heterocycles. The summed E-state index contributed by atoms with van der Waals surface area (Å²) >= 11 is 1.54. The van der Waals surface area contributed by atoms with Crippen molar-refractivity contribution in [3.63, 3.8) is 0 Å². The normalized spacial score (nSPS) is 13.1. The van der Waals surface area contributed by atoms with Gasteiger partial charge in [-0.15, -0.1) is 0 Å². The van der Waals surface area contributed by atoms with E-state index in [0.717, 1.165) is 5.56 Å². The van der Waals surface area contributed by atoms with Gasteiger partial charge < -0.3 is 5.32 Å². The van der Waals surface area contributed by atoms with E-state index in [1.54, 1.807) is 12.1 Å². The topological polar surface area (TPSA) is 71.1 Å². The Balaban J connectivity index is 2.27. The van der Waals surface area contributed by atoms with E-state index in [1.165, 1.54) is 17.5 Å². The fraction of sp³-hybridized carbons (Fsp3) is 0.308. The molecule has 0 saturated carbocycles. The molecule has 0 aliphatic rings. The first kappa shape index (κ1) is 15.0. The SMILES string of the molecule is CCNc1cccnc1S(=O)(=O)NC(C)c1ccsc1. The van der Waals surface area contributed by atoms with Crippen LogP contribution in [0.5, 0.6) is 0 Å². The van der Waals surface area contributed by atoms with E-state index in [2.05, 4.69) is 15.0 Å². The van der Waals surface area contributed by atoms with Crippen molar-refractivity contribution in [3.8, 4) is 0 Å². The summed E-state index contributed by atoms with van der Waals surface area (Å²) in [5, 5.41) is 6.89. The third-order valence-electron chi connectivity index (χ3n) is 2.77. The van der Waals surface area contributed by atoms with Gasteiger partial charge >= 0.3 is 0 Å². The molecule has 2 aromatic rings. The number of rotatable bonds is 6. The predicted octanol–water partition coefficient (Wildman–Crippen LogP) is 2.61. The minimum absolute atomic E-state index is 0.0314. The van der Waals surface area contributed by atoms with Gasteiger partial charge in [-0.2, -0.15) is 11.3 Å². The van der Waals surface area contributed by atoms with Gasteiger partial charge in [0.15, 0.2) is 5.03 Å². The van der Waals surface area contributed by atoms with Gasteiger partial charge in [0.1, 0.15) is 0 Å². The Morgan fingerprint density at radius 3 is 2.85 bits per heavy atom. The zero-order chi connectivity index (χ0) is 14.6. The second-order valence-corrected chi connectivity index (χ2v) is 6.70. The Labute approximate surface area is 123 Å². The maximum absolute atomic E-state index is 12.4. The summed E-state index contributed by atoms with van der Waals surface area (Å²) in [4.78, 5) is 3.99. The molecule has 5 nitrogen and oxygen atoms in total. The monoisotopic (exact) mass is 311 g/mol. The van der Waals surface area contributed by atoms with Gasteiger partial charge in [-0.3, -0.25) is 0 Å². The minimum Gasteiger partial charge on any atom is -0.383 e. The Bertz CT molecular complexity index is 654. The smallest absolute Gasteiger partial charge is 0.260 e. The molecule has 7 heteroatoms. The molecule has 0 amide bonds. The fourth-order valence-corrected chi connectivity index (χ4v) is 3.90. The molecule has 2 aromatic heterocycles. The second-order valence-electron chi connectivity index (χ2n) is 4.29. The molecule has 0 aromatic carbocycles. The summed E-state index contributed by atoms with van der Waals surface area (Å²) in [6.07, 6.45) is 1.48. The highest BCUT2D eigenvalue weighted by Crippen LogP contribution is 2.22. The van der Waals surface area contributed by atoms with E-state index in [-0.39, 0.29) is 11.1 Å². The number of hydrogen-bond donors (Lipinski definition) is 2. The summed E-state index contributed by atoms with van der Waals surface area (Å²) in [6.45, 7) is 4.36.